The number of hydrogen-bond donors (Lipinski definition) is 1. The SMILES string of the molecule is CC(Oc1ccc(F)cc1)C(O)c1ccccc1. The number of benzene rings is 2. The highest BCUT2D eigenvalue weighted by molar-refractivity contribution is 5.23. The molecule has 0 aliphatic heterocycles. The van der Waals surface area contributed by atoms with Crippen molar-refractivity contribution in [1.29, 1.82) is 0 Å². The zero-order chi connectivity index (χ0) is 13.0. The highest BCUT2D eigenvalue weighted by atomic mass is 19.1. The molecule has 94 valence electrons. The quantitative estimate of drug-likeness (QED) is 0.896. The second-order valence-corrected chi connectivity index (χ2v) is 4.13. The molecule has 0 fully saturated rings. The first kappa shape index (κ1) is 12.6. The fourth-order valence-corrected chi connectivity index (χ4v) is 1.71. The molecule has 0 bridgehead atoms. The van der Waals surface area contributed by atoms with Gasteiger partial charge in [0.2, 0.25) is 0 Å². The fraction of sp³-hybridized carbons (Fsp3) is 0.200. The Hall–Kier alpha value is -1.87. The van der Waals surface area contributed by atoms with Gasteiger partial charge >= 0.3 is 0 Å². The second kappa shape index (κ2) is 5.65. The number of aliphatic hydroxyl groups is 1. The maximum atomic E-state index is 12.7. The van der Waals surface area contributed by atoms with Crippen LogP contribution in [-0.2, 0) is 0 Å². The number of hydrogen-bond acceptors (Lipinski definition) is 2. The zero-order valence-corrected chi connectivity index (χ0v) is 10.1. The molecule has 2 aromatic carbocycles. The van der Waals surface area contributed by atoms with Crippen LogP contribution in [-0.4, -0.2) is 11.2 Å². The van der Waals surface area contributed by atoms with Gasteiger partial charge in [0, 0.05) is 0 Å². The molecule has 2 atom stereocenters. The van der Waals surface area contributed by atoms with Crippen LogP contribution in [0.25, 0.3) is 0 Å². The van der Waals surface area contributed by atoms with Crippen molar-refractivity contribution in [2.24, 2.45) is 0 Å². The Morgan fingerprint density at radius 1 is 1.00 bits per heavy atom. The lowest BCUT2D eigenvalue weighted by Gasteiger charge is -2.20. The normalized spacial score (nSPS) is 13.9. The van der Waals surface area contributed by atoms with Crippen molar-refractivity contribution in [1.82, 2.24) is 0 Å². The van der Waals surface area contributed by atoms with Gasteiger partial charge in [-0.15, -0.1) is 0 Å². The van der Waals surface area contributed by atoms with E-state index in [1.54, 1.807) is 19.1 Å². The summed E-state index contributed by atoms with van der Waals surface area (Å²) in [6.45, 7) is 1.78. The van der Waals surface area contributed by atoms with Crippen molar-refractivity contribution in [3.63, 3.8) is 0 Å². The van der Waals surface area contributed by atoms with E-state index in [0.29, 0.717) is 5.75 Å². The summed E-state index contributed by atoms with van der Waals surface area (Å²) < 4.78 is 18.3. The minimum absolute atomic E-state index is 0.307. The summed E-state index contributed by atoms with van der Waals surface area (Å²) in [7, 11) is 0. The molecule has 0 aromatic heterocycles. The van der Waals surface area contributed by atoms with E-state index < -0.39 is 12.2 Å². The molecule has 0 saturated carbocycles. The Kier molecular flexibility index (Phi) is 3.95. The predicted octanol–water partition coefficient (Wildman–Crippen LogP) is 3.33. The smallest absolute Gasteiger partial charge is 0.126 e. The predicted molar refractivity (Wildman–Crippen MR) is 67.9 cm³/mol. The Morgan fingerprint density at radius 2 is 1.61 bits per heavy atom. The van der Waals surface area contributed by atoms with Gasteiger partial charge in [0.05, 0.1) is 0 Å². The second-order valence-electron chi connectivity index (χ2n) is 4.13. The average Bonchev–Trinajstić information content (AvgIpc) is 2.41. The Labute approximate surface area is 106 Å². The number of aliphatic hydroxyl groups excluding tert-OH is 1. The van der Waals surface area contributed by atoms with E-state index in [-0.39, 0.29) is 5.82 Å². The minimum atomic E-state index is -0.712. The molecule has 0 amide bonds. The van der Waals surface area contributed by atoms with Gasteiger partial charge < -0.3 is 9.84 Å². The summed E-state index contributed by atoms with van der Waals surface area (Å²) in [5.41, 5.74) is 0.798. The largest absolute Gasteiger partial charge is 0.488 e. The molecule has 2 rings (SSSR count). The molecule has 2 unspecified atom stereocenters. The van der Waals surface area contributed by atoms with Crippen molar-refractivity contribution in [3.05, 3.63) is 66.0 Å². The Balaban J connectivity index is 2.03. The van der Waals surface area contributed by atoms with Gasteiger partial charge in [-0.25, -0.2) is 4.39 Å². The van der Waals surface area contributed by atoms with Crippen LogP contribution < -0.4 is 4.74 Å². The Bertz CT molecular complexity index is 482. The topological polar surface area (TPSA) is 29.5 Å². The monoisotopic (exact) mass is 246 g/mol. The molecule has 0 aliphatic rings. The third-order valence-corrected chi connectivity index (χ3v) is 2.72. The van der Waals surface area contributed by atoms with Crippen molar-refractivity contribution in [2.45, 2.75) is 19.1 Å². The van der Waals surface area contributed by atoms with Crippen molar-refractivity contribution >= 4 is 0 Å². The lowest BCUT2D eigenvalue weighted by atomic mass is 10.1. The molecule has 2 aromatic rings. The molecule has 2 nitrogen and oxygen atoms in total. The van der Waals surface area contributed by atoms with Gasteiger partial charge in [0.25, 0.3) is 0 Å². The summed E-state index contributed by atoms with van der Waals surface area (Å²) in [6, 6.07) is 15.1. The molecule has 0 heterocycles. The third kappa shape index (κ3) is 3.08. The summed E-state index contributed by atoms with van der Waals surface area (Å²) in [6.07, 6.45) is -1.12. The van der Waals surface area contributed by atoms with Crippen LogP contribution in [0.4, 0.5) is 4.39 Å². The molecule has 1 N–H and O–H groups in total. The summed E-state index contributed by atoms with van der Waals surface area (Å²) >= 11 is 0. The van der Waals surface area contributed by atoms with Gasteiger partial charge in [-0.05, 0) is 36.8 Å². The molecule has 0 aliphatic carbocycles. The average molecular weight is 246 g/mol. The van der Waals surface area contributed by atoms with E-state index in [1.165, 1.54) is 12.1 Å². The van der Waals surface area contributed by atoms with Gasteiger partial charge in [0.1, 0.15) is 23.8 Å². The standard InChI is InChI=1S/C15H15FO2/c1-11(15(17)12-5-3-2-4-6-12)18-14-9-7-13(16)8-10-14/h2-11,15,17H,1H3. The van der Waals surface area contributed by atoms with Crippen LogP contribution in [0.2, 0.25) is 0 Å². The van der Waals surface area contributed by atoms with Gasteiger partial charge in [-0.2, -0.15) is 0 Å². The first-order chi connectivity index (χ1) is 8.66. The van der Waals surface area contributed by atoms with Crippen LogP contribution in [0.15, 0.2) is 54.6 Å². The summed E-state index contributed by atoms with van der Waals surface area (Å²) in [4.78, 5) is 0. The zero-order valence-electron chi connectivity index (χ0n) is 10.1. The lowest BCUT2D eigenvalue weighted by molar-refractivity contribution is 0.0467. The van der Waals surface area contributed by atoms with Crippen LogP contribution in [0.1, 0.15) is 18.6 Å². The molecule has 18 heavy (non-hydrogen) atoms. The van der Waals surface area contributed by atoms with E-state index in [9.17, 15) is 9.50 Å². The highest BCUT2D eigenvalue weighted by Gasteiger charge is 2.17. The lowest BCUT2D eigenvalue weighted by Crippen LogP contribution is -2.21. The van der Waals surface area contributed by atoms with E-state index in [2.05, 4.69) is 0 Å². The molecular weight excluding hydrogens is 231 g/mol. The van der Waals surface area contributed by atoms with Crippen molar-refractivity contribution < 1.29 is 14.2 Å². The van der Waals surface area contributed by atoms with Crippen LogP contribution >= 0.6 is 0 Å². The summed E-state index contributed by atoms with van der Waals surface area (Å²) in [5, 5.41) is 10.1. The molecule has 0 radical (unpaired) electrons. The number of rotatable bonds is 4. The van der Waals surface area contributed by atoms with Gasteiger partial charge in [-0.3, -0.25) is 0 Å². The number of halogens is 1. The maximum Gasteiger partial charge on any atom is 0.126 e. The molecule has 3 heteroatoms. The van der Waals surface area contributed by atoms with Crippen molar-refractivity contribution in [3.8, 4) is 5.75 Å². The third-order valence-electron chi connectivity index (χ3n) is 2.72. The summed E-state index contributed by atoms with van der Waals surface area (Å²) in [5.74, 6) is 0.234. The molecule has 0 spiro atoms. The highest BCUT2D eigenvalue weighted by Crippen LogP contribution is 2.21. The maximum absolute atomic E-state index is 12.7. The van der Waals surface area contributed by atoms with Gasteiger partial charge in [0.15, 0.2) is 0 Å². The van der Waals surface area contributed by atoms with Crippen LogP contribution in [0.5, 0.6) is 5.75 Å². The van der Waals surface area contributed by atoms with E-state index in [1.807, 2.05) is 30.3 Å². The number of ether oxygens (including phenoxy) is 1. The van der Waals surface area contributed by atoms with Crippen molar-refractivity contribution in [2.75, 3.05) is 0 Å². The molecular formula is C15H15FO2. The van der Waals surface area contributed by atoms with Crippen LogP contribution in [0, 0.1) is 5.82 Å². The molecule has 0 saturated heterocycles. The van der Waals surface area contributed by atoms with E-state index >= 15 is 0 Å². The minimum Gasteiger partial charge on any atom is -0.488 e. The van der Waals surface area contributed by atoms with Gasteiger partial charge in [-0.1, -0.05) is 30.3 Å². The fourth-order valence-electron chi connectivity index (χ4n) is 1.71. The van der Waals surface area contributed by atoms with E-state index in [0.717, 1.165) is 5.56 Å². The van der Waals surface area contributed by atoms with E-state index in [4.69, 9.17) is 4.74 Å². The van der Waals surface area contributed by atoms with Crippen LogP contribution in [0.3, 0.4) is 0 Å². The Morgan fingerprint density at radius 3 is 2.22 bits per heavy atom. The first-order valence-electron chi connectivity index (χ1n) is 5.82. The first-order valence-corrected chi connectivity index (χ1v) is 5.82.